The fourth-order valence-electron chi connectivity index (χ4n) is 1.77. The summed E-state index contributed by atoms with van der Waals surface area (Å²) in [7, 11) is 0. The van der Waals surface area contributed by atoms with Gasteiger partial charge in [0.05, 0.1) is 0 Å². The number of H-pyrrole nitrogens is 1. The number of hydrogen-bond donors (Lipinski definition) is 2. The highest BCUT2D eigenvalue weighted by Crippen LogP contribution is 2.18. The molecule has 2 N–H and O–H groups in total. The Morgan fingerprint density at radius 3 is 2.86 bits per heavy atom. The van der Waals surface area contributed by atoms with Crippen molar-refractivity contribution < 1.29 is 4.79 Å². The van der Waals surface area contributed by atoms with Gasteiger partial charge in [0.25, 0.3) is 5.56 Å². The van der Waals surface area contributed by atoms with Crippen LogP contribution in [0.4, 0.5) is 5.69 Å². The molecular weight excluding hydrogens is 290 g/mol. The molecule has 2 aromatic rings. The molecule has 1 amide bonds. The van der Waals surface area contributed by atoms with E-state index < -0.39 is 11.2 Å². The van der Waals surface area contributed by atoms with Crippen molar-refractivity contribution in [3.63, 3.8) is 0 Å². The maximum absolute atomic E-state index is 11.9. The lowest BCUT2D eigenvalue weighted by Gasteiger charge is -2.07. The zero-order valence-corrected chi connectivity index (χ0v) is 12.3. The number of benzene rings is 1. The molecule has 0 fully saturated rings. The predicted octanol–water partition coefficient (Wildman–Crippen LogP) is 1.29. The Balaban J connectivity index is 1.95. The van der Waals surface area contributed by atoms with Crippen LogP contribution >= 0.6 is 11.8 Å². The molecule has 0 aliphatic carbocycles. The predicted molar refractivity (Wildman–Crippen MR) is 82.8 cm³/mol. The van der Waals surface area contributed by atoms with Crippen LogP contribution in [0, 0.1) is 0 Å². The molecular formula is C14H15N3O3S. The lowest BCUT2D eigenvalue weighted by Crippen LogP contribution is -2.29. The van der Waals surface area contributed by atoms with E-state index in [0.29, 0.717) is 0 Å². The number of thioether (sulfide) groups is 1. The number of carbonyl (C=O) groups excluding carboxylic acids is 1. The van der Waals surface area contributed by atoms with Gasteiger partial charge in [0.1, 0.15) is 0 Å². The molecule has 110 valence electrons. The van der Waals surface area contributed by atoms with Crippen molar-refractivity contribution in [2.24, 2.45) is 0 Å². The Bertz CT molecular complexity index is 751. The van der Waals surface area contributed by atoms with Crippen LogP contribution in [0.25, 0.3) is 0 Å². The highest BCUT2D eigenvalue weighted by Gasteiger charge is 2.04. The summed E-state index contributed by atoms with van der Waals surface area (Å²) in [6.07, 6.45) is 3.49. The number of aromatic amines is 1. The third-order valence-corrected chi connectivity index (χ3v) is 3.56. The number of carbonyl (C=O) groups is 1. The Morgan fingerprint density at radius 2 is 2.14 bits per heavy atom. The quantitative estimate of drug-likeness (QED) is 0.815. The molecule has 0 aliphatic rings. The number of nitrogens with one attached hydrogen (secondary N) is 2. The third-order valence-electron chi connectivity index (χ3n) is 2.83. The van der Waals surface area contributed by atoms with Gasteiger partial charge in [-0.1, -0.05) is 6.07 Å². The second-order valence-corrected chi connectivity index (χ2v) is 5.21. The first-order valence-electron chi connectivity index (χ1n) is 6.32. The van der Waals surface area contributed by atoms with E-state index in [0.717, 1.165) is 10.6 Å². The van der Waals surface area contributed by atoms with Crippen LogP contribution in [0.5, 0.6) is 0 Å². The number of anilines is 1. The van der Waals surface area contributed by atoms with Crippen LogP contribution in [-0.2, 0) is 11.3 Å². The number of nitrogens with zero attached hydrogens (tertiary/aromatic N) is 1. The van der Waals surface area contributed by atoms with E-state index >= 15 is 0 Å². The van der Waals surface area contributed by atoms with Crippen molar-refractivity contribution in [2.45, 2.75) is 17.9 Å². The molecule has 0 saturated carbocycles. The smallest absolute Gasteiger partial charge is 0.326 e. The summed E-state index contributed by atoms with van der Waals surface area (Å²) in [5.74, 6) is -0.189. The summed E-state index contributed by atoms with van der Waals surface area (Å²) in [4.78, 5) is 37.5. The first-order chi connectivity index (χ1) is 10.1. The largest absolute Gasteiger partial charge is 0.328 e. The van der Waals surface area contributed by atoms with Gasteiger partial charge in [-0.3, -0.25) is 14.6 Å². The van der Waals surface area contributed by atoms with Gasteiger partial charge in [-0.25, -0.2) is 4.79 Å². The summed E-state index contributed by atoms with van der Waals surface area (Å²) in [6, 6.07) is 8.77. The molecule has 0 saturated heterocycles. The molecule has 0 aliphatic heterocycles. The molecule has 0 atom stereocenters. The standard InChI is InChI=1S/C14H15N3O3S/c1-21-11-4-2-3-10(9-11)15-12(18)5-7-17-8-6-13(19)16-14(17)20/h2-4,6,8-9H,5,7H2,1H3,(H,15,18)(H,16,19,20). The van der Waals surface area contributed by atoms with Crippen LogP contribution in [0.3, 0.4) is 0 Å². The van der Waals surface area contributed by atoms with E-state index in [1.807, 2.05) is 30.5 Å². The highest BCUT2D eigenvalue weighted by atomic mass is 32.2. The van der Waals surface area contributed by atoms with Crippen molar-refractivity contribution in [3.8, 4) is 0 Å². The summed E-state index contributed by atoms with van der Waals surface area (Å²) >= 11 is 1.59. The molecule has 1 heterocycles. The van der Waals surface area contributed by atoms with Crippen molar-refractivity contribution in [2.75, 3.05) is 11.6 Å². The maximum atomic E-state index is 11.9. The van der Waals surface area contributed by atoms with Crippen LogP contribution in [0.15, 0.2) is 51.0 Å². The van der Waals surface area contributed by atoms with Gasteiger partial charge in [0.15, 0.2) is 0 Å². The molecule has 1 aromatic heterocycles. The van der Waals surface area contributed by atoms with Gasteiger partial charge in [-0.05, 0) is 24.5 Å². The minimum atomic E-state index is -0.514. The lowest BCUT2D eigenvalue weighted by atomic mass is 10.3. The molecule has 2 rings (SSSR count). The zero-order chi connectivity index (χ0) is 15.2. The SMILES string of the molecule is CSc1cccc(NC(=O)CCn2ccc(=O)[nH]c2=O)c1. The van der Waals surface area contributed by atoms with E-state index in [1.165, 1.54) is 16.8 Å². The van der Waals surface area contributed by atoms with Gasteiger partial charge in [0, 0.05) is 35.8 Å². The number of rotatable bonds is 5. The average molecular weight is 305 g/mol. The van der Waals surface area contributed by atoms with Gasteiger partial charge >= 0.3 is 5.69 Å². The monoisotopic (exact) mass is 305 g/mol. The van der Waals surface area contributed by atoms with E-state index in [1.54, 1.807) is 11.8 Å². The Kier molecular flexibility index (Phi) is 4.99. The summed E-state index contributed by atoms with van der Waals surface area (Å²) in [6.45, 7) is 0.212. The molecule has 0 unspecified atom stereocenters. The van der Waals surface area contributed by atoms with Crippen LogP contribution in [0.2, 0.25) is 0 Å². The first kappa shape index (κ1) is 15.1. The molecule has 0 radical (unpaired) electrons. The third kappa shape index (κ3) is 4.35. The minimum Gasteiger partial charge on any atom is -0.326 e. The fourth-order valence-corrected chi connectivity index (χ4v) is 2.23. The summed E-state index contributed by atoms with van der Waals surface area (Å²) in [5, 5.41) is 2.78. The number of aryl methyl sites for hydroxylation is 1. The number of hydrogen-bond acceptors (Lipinski definition) is 4. The maximum Gasteiger partial charge on any atom is 0.328 e. The van der Waals surface area contributed by atoms with E-state index in [-0.39, 0.29) is 18.9 Å². The first-order valence-corrected chi connectivity index (χ1v) is 7.54. The van der Waals surface area contributed by atoms with E-state index in [4.69, 9.17) is 0 Å². The molecule has 0 spiro atoms. The van der Waals surface area contributed by atoms with Crippen molar-refractivity contribution >= 4 is 23.4 Å². The Morgan fingerprint density at radius 1 is 1.33 bits per heavy atom. The molecule has 0 bridgehead atoms. The van der Waals surface area contributed by atoms with Crippen molar-refractivity contribution in [1.82, 2.24) is 9.55 Å². The zero-order valence-electron chi connectivity index (χ0n) is 11.5. The van der Waals surface area contributed by atoms with Crippen LogP contribution < -0.4 is 16.6 Å². The average Bonchev–Trinajstić information content (AvgIpc) is 2.46. The Hall–Kier alpha value is -2.28. The van der Waals surface area contributed by atoms with Crippen molar-refractivity contribution in [1.29, 1.82) is 0 Å². The fraction of sp³-hybridized carbons (Fsp3) is 0.214. The van der Waals surface area contributed by atoms with Crippen LogP contribution in [0.1, 0.15) is 6.42 Å². The summed E-state index contributed by atoms with van der Waals surface area (Å²) in [5.41, 5.74) is -0.241. The van der Waals surface area contributed by atoms with E-state index in [2.05, 4.69) is 10.3 Å². The normalized spacial score (nSPS) is 10.3. The topological polar surface area (TPSA) is 84.0 Å². The van der Waals surface area contributed by atoms with E-state index in [9.17, 15) is 14.4 Å². The molecule has 1 aromatic carbocycles. The van der Waals surface area contributed by atoms with Crippen LogP contribution in [-0.4, -0.2) is 21.7 Å². The lowest BCUT2D eigenvalue weighted by molar-refractivity contribution is -0.116. The second-order valence-electron chi connectivity index (χ2n) is 4.33. The molecule has 7 heteroatoms. The Labute approximate surface area is 125 Å². The molecule has 6 nitrogen and oxygen atoms in total. The summed E-state index contributed by atoms with van der Waals surface area (Å²) < 4.78 is 1.29. The second kappa shape index (κ2) is 6.94. The number of aromatic nitrogens is 2. The van der Waals surface area contributed by atoms with Crippen molar-refractivity contribution in [3.05, 3.63) is 57.4 Å². The van der Waals surface area contributed by atoms with Gasteiger partial charge in [0.2, 0.25) is 5.91 Å². The van der Waals surface area contributed by atoms with Gasteiger partial charge < -0.3 is 9.88 Å². The minimum absolute atomic E-state index is 0.148. The molecule has 21 heavy (non-hydrogen) atoms. The van der Waals surface area contributed by atoms with Gasteiger partial charge in [-0.2, -0.15) is 0 Å². The highest BCUT2D eigenvalue weighted by molar-refractivity contribution is 7.98. The van der Waals surface area contributed by atoms with Gasteiger partial charge in [-0.15, -0.1) is 11.8 Å². The number of amides is 1.